The molecule has 1 fully saturated rings. The number of nitrogens with one attached hydrogen (secondary N) is 2. The lowest BCUT2D eigenvalue weighted by molar-refractivity contribution is -0.124. The van der Waals surface area contributed by atoms with Gasteiger partial charge in [0.1, 0.15) is 0 Å². The molecule has 1 aromatic rings. The Morgan fingerprint density at radius 3 is 2.78 bits per heavy atom. The minimum Gasteiger partial charge on any atom is -0.379 e. The van der Waals surface area contributed by atoms with E-state index in [0.717, 1.165) is 13.1 Å². The second kappa shape index (κ2) is 6.48. The van der Waals surface area contributed by atoms with Crippen LogP contribution in [0.5, 0.6) is 0 Å². The van der Waals surface area contributed by atoms with Gasteiger partial charge in [0.25, 0.3) is 11.8 Å². The van der Waals surface area contributed by atoms with Gasteiger partial charge in [0.2, 0.25) is 0 Å². The van der Waals surface area contributed by atoms with Gasteiger partial charge in [0.15, 0.2) is 0 Å². The van der Waals surface area contributed by atoms with E-state index in [9.17, 15) is 9.59 Å². The van der Waals surface area contributed by atoms with E-state index in [1.54, 1.807) is 12.1 Å². The van der Waals surface area contributed by atoms with Gasteiger partial charge in [-0.2, -0.15) is 0 Å². The van der Waals surface area contributed by atoms with Gasteiger partial charge in [0.05, 0.1) is 24.6 Å². The highest BCUT2D eigenvalue weighted by atomic mass is 32.1. The summed E-state index contributed by atoms with van der Waals surface area (Å²) < 4.78 is 5.19. The molecule has 18 heavy (non-hydrogen) atoms. The van der Waals surface area contributed by atoms with Crippen molar-refractivity contribution in [3.63, 3.8) is 0 Å². The highest BCUT2D eigenvalue weighted by Gasteiger charge is 2.14. The molecule has 0 radical (unpaired) electrons. The van der Waals surface area contributed by atoms with Crippen LogP contribution in [0.15, 0.2) is 17.5 Å². The summed E-state index contributed by atoms with van der Waals surface area (Å²) >= 11 is 1.33. The highest BCUT2D eigenvalue weighted by Crippen LogP contribution is 2.06. The number of thiophene rings is 1. The molecule has 0 saturated carbocycles. The van der Waals surface area contributed by atoms with Crippen LogP contribution in [-0.4, -0.2) is 49.6 Å². The smallest absolute Gasteiger partial charge is 0.279 e. The van der Waals surface area contributed by atoms with Gasteiger partial charge in [-0.25, -0.2) is 0 Å². The van der Waals surface area contributed by atoms with Crippen LogP contribution in [0.1, 0.15) is 9.67 Å². The molecule has 98 valence electrons. The van der Waals surface area contributed by atoms with Crippen molar-refractivity contribution in [3.05, 3.63) is 22.4 Å². The van der Waals surface area contributed by atoms with Gasteiger partial charge < -0.3 is 4.74 Å². The number of morpholine rings is 1. The van der Waals surface area contributed by atoms with E-state index in [1.807, 2.05) is 10.3 Å². The summed E-state index contributed by atoms with van der Waals surface area (Å²) in [6.45, 7) is 3.05. The molecule has 1 aliphatic rings. The summed E-state index contributed by atoms with van der Waals surface area (Å²) in [5.74, 6) is -0.512. The van der Waals surface area contributed by atoms with E-state index in [-0.39, 0.29) is 18.4 Å². The minimum absolute atomic E-state index is 0.221. The van der Waals surface area contributed by atoms with E-state index >= 15 is 0 Å². The molecular formula is C11H15N3O3S. The molecule has 0 aliphatic carbocycles. The largest absolute Gasteiger partial charge is 0.379 e. The van der Waals surface area contributed by atoms with Crippen molar-refractivity contribution >= 4 is 23.2 Å². The molecule has 0 bridgehead atoms. The van der Waals surface area contributed by atoms with Gasteiger partial charge in [-0.15, -0.1) is 11.3 Å². The van der Waals surface area contributed by atoms with Crippen LogP contribution in [0.2, 0.25) is 0 Å². The maximum Gasteiger partial charge on any atom is 0.279 e. The standard InChI is InChI=1S/C11H15N3O3S/c15-10(8-14-3-5-17-6-4-14)12-13-11(16)9-2-1-7-18-9/h1-2,7H,3-6,8H2,(H,12,15)(H,13,16). The number of ether oxygens (including phenoxy) is 1. The van der Waals surface area contributed by atoms with Crippen molar-refractivity contribution in [1.82, 2.24) is 15.8 Å². The van der Waals surface area contributed by atoms with Crippen LogP contribution in [-0.2, 0) is 9.53 Å². The Bertz CT molecular complexity index is 402. The number of amides is 2. The topological polar surface area (TPSA) is 70.7 Å². The molecule has 2 rings (SSSR count). The lowest BCUT2D eigenvalue weighted by atomic mass is 10.4. The normalized spacial score (nSPS) is 16.2. The first kappa shape index (κ1) is 13.0. The second-order valence-corrected chi connectivity index (χ2v) is 4.82. The molecular weight excluding hydrogens is 254 g/mol. The molecule has 2 heterocycles. The predicted molar refractivity (Wildman–Crippen MR) is 67.2 cm³/mol. The number of hydrogen-bond donors (Lipinski definition) is 2. The minimum atomic E-state index is -0.291. The molecule has 1 saturated heterocycles. The molecule has 1 aromatic heterocycles. The Labute approximate surface area is 109 Å². The van der Waals surface area contributed by atoms with E-state index in [4.69, 9.17) is 4.74 Å². The second-order valence-electron chi connectivity index (χ2n) is 3.87. The predicted octanol–water partition coefficient (Wildman–Crippen LogP) is -0.159. The zero-order valence-corrected chi connectivity index (χ0v) is 10.7. The lowest BCUT2D eigenvalue weighted by Gasteiger charge is -2.25. The molecule has 7 heteroatoms. The van der Waals surface area contributed by atoms with E-state index in [1.165, 1.54) is 11.3 Å². The summed E-state index contributed by atoms with van der Waals surface area (Å²) in [7, 11) is 0. The Balaban J connectivity index is 1.69. The fourth-order valence-corrected chi connectivity index (χ4v) is 2.22. The van der Waals surface area contributed by atoms with Gasteiger partial charge in [-0.1, -0.05) is 6.07 Å². The number of carbonyl (C=O) groups excluding carboxylic acids is 2. The summed E-state index contributed by atoms with van der Waals surface area (Å²) in [6.07, 6.45) is 0. The number of hydrogen-bond acceptors (Lipinski definition) is 5. The maximum atomic E-state index is 11.6. The number of hydrazine groups is 1. The van der Waals surface area contributed by atoms with Crippen molar-refractivity contribution in [1.29, 1.82) is 0 Å². The van der Waals surface area contributed by atoms with Crippen molar-refractivity contribution in [2.24, 2.45) is 0 Å². The molecule has 0 spiro atoms. The van der Waals surface area contributed by atoms with Crippen LogP contribution in [0.4, 0.5) is 0 Å². The van der Waals surface area contributed by atoms with Gasteiger partial charge in [-0.3, -0.25) is 25.3 Å². The monoisotopic (exact) mass is 269 g/mol. The van der Waals surface area contributed by atoms with E-state index in [2.05, 4.69) is 10.9 Å². The summed E-state index contributed by atoms with van der Waals surface area (Å²) in [5, 5.41) is 1.81. The summed E-state index contributed by atoms with van der Waals surface area (Å²) in [4.78, 5) is 25.7. The molecule has 2 N–H and O–H groups in total. The highest BCUT2D eigenvalue weighted by molar-refractivity contribution is 7.12. The van der Waals surface area contributed by atoms with Gasteiger partial charge in [0, 0.05) is 13.1 Å². The van der Waals surface area contributed by atoms with Crippen LogP contribution >= 0.6 is 11.3 Å². The SMILES string of the molecule is O=C(CN1CCOCC1)NNC(=O)c1cccs1. The first-order valence-corrected chi connectivity index (χ1v) is 6.56. The fraction of sp³-hybridized carbons (Fsp3) is 0.455. The Morgan fingerprint density at radius 2 is 2.11 bits per heavy atom. The van der Waals surface area contributed by atoms with E-state index in [0.29, 0.717) is 18.1 Å². The first-order valence-electron chi connectivity index (χ1n) is 5.68. The van der Waals surface area contributed by atoms with Crippen LogP contribution < -0.4 is 10.9 Å². The lowest BCUT2D eigenvalue weighted by Crippen LogP contribution is -2.48. The average molecular weight is 269 g/mol. The van der Waals surface area contributed by atoms with E-state index < -0.39 is 0 Å². The van der Waals surface area contributed by atoms with Gasteiger partial charge in [-0.05, 0) is 11.4 Å². The van der Waals surface area contributed by atoms with Crippen molar-refractivity contribution in [2.45, 2.75) is 0 Å². The number of rotatable bonds is 3. The van der Waals surface area contributed by atoms with Gasteiger partial charge >= 0.3 is 0 Å². The maximum absolute atomic E-state index is 11.6. The third kappa shape index (κ3) is 3.80. The molecule has 2 amide bonds. The Morgan fingerprint density at radius 1 is 1.33 bits per heavy atom. The van der Waals surface area contributed by atoms with Crippen molar-refractivity contribution < 1.29 is 14.3 Å². The third-order valence-corrected chi connectivity index (χ3v) is 3.40. The summed E-state index contributed by atoms with van der Waals surface area (Å²) in [5.41, 5.74) is 4.79. The Kier molecular flexibility index (Phi) is 4.68. The van der Waals surface area contributed by atoms with Crippen molar-refractivity contribution in [3.8, 4) is 0 Å². The molecule has 0 aromatic carbocycles. The molecule has 1 aliphatic heterocycles. The zero-order valence-electron chi connectivity index (χ0n) is 9.85. The summed E-state index contributed by atoms with van der Waals surface area (Å²) in [6, 6.07) is 3.49. The average Bonchev–Trinajstić information content (AvgIpc) is 2.91. The quantitative estimate of drug-likeness (QED) is 0.748. The zero-order chi connectivity index (χ0) is 12.8. The Hall–Kier alpha value is -1.44. The molecule has 0 atom stereocenters. The van der Waals surface area contributed by atoms with Crippen molar-refractivity contribution in [2.75, 3.05) is 32.8 Å². The number of carbonyl (C=O) groups is 2. The first-order chi connectivity index (χ1) is 8.75. The molecule has 6 nitrogen and oxygen atoms in total. The van der Waals surface area contributed by atoms with Crippen LogP contribution in [0, 0.1) is 0 Å². The molecule has 0 unspecified atom stereocenters. The van der Waals surface area contributed by atoms with Crippen LogP contribution in [0.3, 0.4) is 0 Å². The number of nitrogens with zero attached hydrogens (tertiary/aromatic N) is 1. The third-order valence-electron chi connectivity index (χ3n) is 2.53. The van der Waals surface area contributed by atoms with Crippen LogP contribution in [0.25, 0.3) is 0 Å². The fourth-order valence-electron chi connectivity index (χ4n) is 1.60.